The van der Waals surface area contributed by atoms with Gasteiger partial charge in [-0.25, -0.2) is 0 Å². The fraction of sp³-hybridized carbons (Fsp3) is 0.273. The first-order valence-corrected chi connectivity index (χ1v) is 9.14. The summed E-state index contributed by atoms with van der Waals surface area (Å²) in [4.78, 5) is 23.6. The summed E-state index contributed by atoms with van der Waals surface area (Å²) in [6, 6.07) is 14.9. The van der Waals surface area contributed by atoms with E-state index in [1.807, 2.05) is 42.5 Å². The van der Waals surface area contributed by atoms with Crippen LogP contribution < -0.4 is 10.1 Å². The van der Waals surface area contributed by atoms with Crippen LogP contribution >= 0.6 is 0 Å². The Morgan fingerprint density at radius 1 is 1.18 bits per heavy atom. The molecule has 1 heterocycles. The predicted octanol–water partition coefficient (Wildman–Crippen LogP) is 3.58. The summed E-state index contributed by atoms with van der Waals surface area (Å²) in [5, 5.41) is 12.8. The molecule has 28 heavy (non-hydrogen) atoms. The summed E-state index contributed by atoms with van der Waals surface area (Å²) in [5.41, 5.74) is 2.50. The van der Waals surface area contributed by atoms with E-state index in [0.29, 0.717) is 24.2 Å². The summed E-state index contributed by atoms with van der Waals surface area (Å²) in [5.74, 6) is -0.346. The van der Waals surface area contributed by atoms with Crippen LogP contribution in [0, 0.1) is 0 Å². The van der Waals surface area contributed by atoms with Crippen LogP contribution in [-0.2, 0) is 22.4 Å². The quantitative estimate of drug-likeness (QED) is 0.591. The number of aliphatic carboxylic acids is 1. The van der Waals surface area contributed by atoms with Crippen molar-refractivity contribution in [2.75, 3.05) is 7.11 Å². The first-order valence-electron chi connectivity index (χ1n) is 9.14. The molecular formula is C22H23NO5. The van der Waals surface area contributed by atoms with Gasteiger partial charge in [-0.3, -0.25) is 9.59 Å². The third kappa shape index (κ3) is 5.13. The van der Waals surface area contributed by atoms with E-state index in [1.54, 1.807) is 19.4 Å². The Morgan fingerprint density at radius 3 is 2.68 bits per heavy atom. The van der Waals surface area contributed by atoms with Gasteiger partial charge in [-0.15, -0.1) is 0 Å². The molecule has 0 saturated heterocycles. The van der Waals surface area contributed by atoms with Crippen molar-refractivity contribution in [1.29, 1.82) is 0 Å². The van der Waals surface area contributed by atoms with Crippen LogP contribution in [0.3, 0.4) is 0 Å². The van der Waals surface area contributed by atoms with Crippen molar-refractivity contribution in [3.05, 3.63) is 65.9 Å². The monoisotopic (exact) mass is 381 g/mol. The molecule has 0 aliphatic carbocycles. The number of carboxylic acids is 1. The van der Waals surface area contributed by atoms with Gasteiger partial charge < -0.3 is 19.6 Å². The number of furan rings is 1. The summed E-state index contributed by atoms with van der Waals surface area (Å²) in [6.07, 6.45) is 2.71. The van der Waals surface area contributed by atoms with Crippen molar-refractivity contribution in [2.24, 2.45) is 0 Å². The van der Waals surface area contributed by atoms with Crippen LogP contribution in [0.2, 0.25) is 0 Å². The molecule has 0 spiro atoms. The first-order chi connectivity index (χ1) is 13.5. The second kappa shape index (κ2) is 9.08. The number of amides is 1. The summed E-state index contributed by atoms with van der Waals surface area (Å²) in [6.45, 7) is 0. The molecule has 1 atom stereocenters. The number of carbonyl (C=O) groups excluding carboxylic acids is 1. The molecule has 1 unspecified atom stereocenters. The van der Waals surface area contributed by atoms with Crippen molar-refractivity contribution in [2.45, 2.75) is 31.7 Å². The average molecular weight is 381 g/mol. The van der Waals surface area contributed by atoms with Crippen molar-refractivity contribution >= 4 is 22.8 Å². The number of hydrogen-bond donors (Lipinski definition) is 2. The van der Waals surface area contributed by atoms with Crippen molar-refractivity contribution in [1.82, 2.24) is 5.32 Å². The Kier molecular flexibility index (Phi) is 6.32. The first kappa shape index (κ1) is 19.5. The minimum atomic E-state index is -0.873. The fourth-order valence-electron chi connectivity index (χ4n) is 3.20. The number of ether oxygens (including phenoxy) is 1. The van der Waals surface area contributed by atoms with Crippen molar-refractivity contribution in [3.8, 4) is 5.75 Å². The molecule has 0 aliphatic rings. The van der Waals surface area contributed by atoms with Gasteiger partial charge in [0.25, 0.3) is 0 Å². The zero-order valence-corrected chi connectivity index (χ0v) is 15.7. The lowest BCUT2D eigenvalue weighted by Crippen LogP contribution is -2.37. The largest absolute Gasteiger partial charge is 0.497 e. The molecule has 6 nitrogen and oxygen atoms in total. The number of methoxy groups -OCH3 is 1. The van der Waals surface area contributed by atoms with Gasteiger partial charge in [-0.05, 0) is 30.5 Å². The van der Waals surface area contributed by atoms with Gasteiger partial charge in [0.15, 0.2) is 0 Å². The highest BCUT2D eigenvalue weighted by Gasteiger charge is 2.17. The van der Waals surface area contributed by atoms with E-state index in [1.165, 1.54) is 0 Å². The summed E-state index contributed by atoms with van der Waals surface area (Å²) in [7, 11) is 1.59. The molecule has 1 amide bonds. The number of benzene rings is 2. The number of rotatable bonds is 9. The zero-order chi connectivity index (χ0) is 19.9. The van der Waals surface area contributed by atoms with E-state index in [4.69, 9.17) is 14.3 Å². The number of carbonyl (C=O) groups is 2. The predicted molar refractivity (Wildman–Crippen MR) is 105 cm³/mol. The van der Waals surface area contributed by atoms with Crippen LogP contribution in [-0.4, -0.2) is 30.1 Å². The van der Waals surface area contributed by atoms with E-state index < -0.39 is 5.97 Å². The maximum Gasteiger partial charge on any atom is 0.303 e. The van der Waals surface area contributed by atoms with E-state index in [0.717, 1.165) is 16.5 Å². The van der Waals surface area contributed by atoms with Gasteiger partial charge >= 0.3 is 5.97 Å². The smallest absolute Gasteiger partial charge is 0.303 e. The van der Waals surface area contributed by atoms with Crippen LogP contribution in [0.15, 0.2) is 59.2 Å². The molecule has 146 valence electrons. The van der Waals surface area contributed by atoms with E-state index >= 15 is 0 Å². The minimum absolute atomic E-state index is 0.00617. The SMILES string of the molecule is COc1ccc2c(CC(=O)NC(CCC(=O)O)Cc3ccccc3)coc2c1. The standard InChI is InChI=1S/C22H23NO5/c1-27-18-8-9-19-16(14-28-20(19)13-18)12-21(24)23-17(7-10-22(25)26)11-15-5-3-2-4-6-15/h2-6,8-9,13-14,17H,7,10-12H2,1H3,(H,23,24)(H,25,26). The van der Waals surface area contributed by atoms with Gasteiger partial charge in [0.05, 0.1) is 19.8 Å². The molecule has 0 fully saturated rings. The molecule has 0 saturated carbocycles. The van der Waals surface area contributed by atoms with Gasteiger partial charge in [0, 0.05) is 29.5 Å². The van der Waals surface area contributed by atoms with Gasteiger partial charge in [0.1, 0.15) is 11.3 Å². The maximum absolute atomic E-state index is 12.6. The van der Waals surface area contributed by atoms with Crippen molar-refractivity contribution < 1.29 is 23.8 Å². The van der Waals surface area contributed by atoms with Crippen molar-refractivity contribution in [3.63, 3.8) is 0 Å². The van der Waals surface area contributed by atoms with Crippen LogP contribution in [0.5, 0.6) is 5.75 Å². The molecule has 3 rings (SSSR count). The Bertz CT molecular complexity index is 948. The molecule has 0 aliphatic heterocycles. The van der Waals surface area contributed by atoms with Gasteiger partial charge in [-0.2, -0.15) is 0 Å². The third-order valence-corrected chi connectivity index (χ3v) is 4.61. The number of hydrogen-bond acceptors (Lipinski definition) is 4. The lowest BCUT2D eigenvalue weighted by Gasteiger charge is -2.18. The minimum Gasteiger partial charge on any atom is -0.497 e. The van der Waals surface area contributed by atoms with Crippen LogP contribution in [0.25, 0.3) is 11.0 Å². The van der Waals surface area contributed by atoms with Gasteiger partial charge in [-0.1, -0.05) is 30.3 Å². The second-order valence-electron chi connectivity index (χ2n) is 6.69. The number of nitrogens with one attached hydrogen (secondary N) is 1. The van der Waals surface area contributed by atoms with Gasteiger partial charge in [0.2, 0.25) is 5.91 Å². The van der Waals surface area contributed by atoms with Crippen LogP contribution in [0.1, 0.15) is 24.0 Å². The zero-order valence-electron chi connectivity index (χ0n) is 15.7. The molecule has 2 aromatic carbocycles. The summed E-state index contributed by atoms with van der Waals surface area (Å²) >= 11 is 0. The second-order valence-corrected chi connectivity index (χ2v) is 6.69. The molecule has 3 aromatic rings. The van der Waals surface area contributed by atoms with E-state index in [-0.39, 0.29) is 24.8 Å². The molecular weight excluding hydrogens is 358 g/mol. The Hall–Kier alpha value is -3.28. The van der Waals surface area contributed by atoms with Crippen LogP contribution in [0.4, 0.5) is 0 Å². The summed E-state index contributed by atoms with van der Waals surface area (Å²) < 4.78 is 10.7. The normalized spacial score (nSPS) is 11.9. The topological polar surface area (TPSA) is 88.8 Å². The molecule has 1 aromatic heterocycles. The fourth-order valence-corrected chi connectivity index (χ4v) is 3.20. The number of carboxylic acid groups (broad SMARTS) is 1. The third-order valence-electron chi connectivity index (χ3n) is 4.61. The lowest BCUT2D eigenvalue weighted by molar-refractivity contribution is -0.137. The molecule has 6 heteroatoms. The molecule has 0 radical (unpaired) electrons. The Balaban J connectivity index is 1.68. The highest BCUT2D eigenvalue weighted by molar-refractivity contribution is 5.88. The average Bonchev–Trinajstić information content (AvgIpc) is 3.08. The molecule has 0 bridgehead atoms. The number of fused-ring (bicyclic) bond motifs is 1. The lowest BCUT2D eigenvalue weighted by atomic mass is 10.0. The highest BCUT2D eigenvalue weighted by atomic mass is 16.5. The molecule has 2 N–H and O–H groups in total. The Labute approximate surface area is 163 Å². The Morgan fingerprint density at radius 2 is 1.96 bits per heavy atom. The maximum atomic E-state index is 12.6. The highest BCUT2D eigenvalue weighted by Crippen LogP contribution is 2.26. The van der Waals surface area contributed by atoms with E-state index in [9.17, 15) is 9.59 Å². The van der Waals surface area contributed by atoms with E-state index in [2.05, 4.69) is 5.32 Å².